The summed E-state index contributed by atoms with van der Waals surface area (Å²) < 4.78 is 5.37. The molecule has 2 aromatic carbocycles. The number of benzene rings is 2. The normalized spacial score (nSPS) is 11.2. The minimum atomic E-state index is 0.427. The Kier molecular flexibility index (Phi) is 3.90. The molecule has 4 rings (SSSR count). The van der Waals surface area contributed by atoms with Crippen molar-refractivity contribution in [2.45, 2.75) is 19.8 Å². The molecule has 0 bridgehead atoms. The highest BCUT2D eigenvalue weighted by molar-refractivity contribution is 5.65. The van der Waals surface area contributed by atoms with Gasteiger partial charge in [0.1, 0.15) is 5.69 Å². The van der Waals surface area contributed by atoms with Crippen LogP contribution in [0.4, 0.5) is 0 Å². The van der Waals surface area contributed by atoms with Crippen molar-refractivity contribution in [2.75, 3.05) is 0 Å². The molecular formula is C20H18N4O. The van der Waals surface area contributed by atoms with Gasteiger partial charge in [0.05, 0.1) is 5.69 Å². The van der Waals surface area contributed by atoms with Crippen molar-refractivity contribution in [3.8, 4) is 34.2 Å². The van der Waals surface area contributed by atoms with E-state index in [1.807, 2.05) is 36.4 Å². The van der Waals surface area contributed by atoms with Crippen LogP contribution in [0.1, 0.15) is 25.3 Å². The van der Waals surface area contributed by atoms with Crippen molar-refractivity contribution >= 4 is 0 Å². The van der Waals surface area contributed by atoms with Gasteiger partial charge in [0.2, 0.25) is 5.82 Å². The molecule has 0 atom stereocenters. The van der Waals surface area contributed by atoms with Gasteiger partial charge >= 0.3 is 0 Å². The molecule has 25 heavy (non-hydrogen) atoms. The van der Waals surface area contributed by atoms with E-state index in [0.29, 0.717) is 23.3 Å². The lowest BCUT2D eigenvalue weighted by molar-refractivity contribution is 0.431. The molecule has 0 spiro atoms. The summed E-state index contributed by atoms with van der Waals surface area (Å²) in [7, 11) is 0. The van der Waals surface area contributed by atoms with Crippen molar-refractivity contribution < 1.29 is 4.52 Å². The first-order chi connectivity index (χ1) is 12.2. The van der Waals surface area contributed by atoms with E-state index in [0.717, 1.165) is 16.8 Å². The van der Waals surface area contributed by atoms with Gasteiger partial charge in [0.25, 0.3) is 5.89 Å². The predicted molar refractivity (Wildman–Crippen MR) is 96.8 cm³/mol. The average molecular weight is 330 g/mol. The summed E-state index contributed by atoms with van der Waals surface area (Å²) in [5, 5.41) is 11.4. The molecule has 0 saturated heterocycles. The summed E-state index contributed by atoms with van der Waals surface area (Å²) in [6.45, 7) is 4.36. The lowest BCUT2D eigenvalue weighted by atomic mass is 10.0. The SMILES string of the molecule is CC(C)c1ccc(-c2cc(-c3nc(-c4ccccc4)no3)[nH]n2)cc1. The topological polar surface area (TPSA) is 67.6 Å². The third-order valence-electron chi connectivity index (χ3n) is 4.14. The number of nitrogens with one attached hydrogen (secondary N) is 1. The van der Waals surface area contributed by atoms with Gasteiger partial charge in [0.15, 0.2) is 0 Å². The van der Waals surface area contributed by atoms with Crippen molar-refractivity contribution in [3.05, 3.63) is 66.2 Å². The first-order valence-electron chi connectivity index (χ1n) is 8.26. The predicted octanol–water partition coefficient (Wildman–Crippen LogP) is 4.92. The summed E-state index contributed by atoms with van der Waals surface area (Å²) in [6, 6.07) is 20.1. The van der Waals surface area contributed by atoms with Gasteiger partial charge in [-0.1, -0.05) is 73.6 Å². The van der Waals surface area contributed by atoms with Crippen molar-refractivity contribution in [2.24, 2.45) is 0 Å². The Morgan fingerprint density at radius 3 is 2.40 bits per heavy atom. The van der Waals surface area contributed by atoms with Crippen LogP contribution in [-0.4, -0.2) is 20.3 Å². The second-order valence-corrected chi connectivity index (χ2v) is 6.23. The van der Waals surface area contributed by atoms with Crippen LogP contribution in [0.15, 0.2) is 65.2 Å². The Bertz CT molecular complexity index is 968. The van der Waals surface area contributed by atoms with E-state index in [1.165, 1.54) is 5.56 Å². The molecule has 1 N–H and O–H groups in total. The fourth-order valence-corrected chi connectivity index (χ4v) is 2.66. The molecule has 2 aromatic heterocycles. The van der Waals surface area contributed by atoms with E-state index in [1.54, 1.807) is 0 Å². The quantitative estimate of drug-likeness (QED) is 0.577. The highest BCUT2D eigenvalue weighted by Crippen LogP contribution is 2.26. The first-order valence-corrected chi connectivity index (χ1v) is 8.26. The van der Waals surface area contributed by atoms with E-state index in [4.69, 9.17) is 4.52 Å². The van der Waals surface area contributed by atoms with Crippen LogP contribution in [0.25, 0.3) is 34.2 Å². The van der Waals surface area contributed by atoms with Gasteiger partial charge < -0.3 is 4.52 Å². The number of hydrogen-bond donors (Lipinski definition) is 1. The van der Waals surface area contributed by atoms with Gasteiger partial charge in [-0.05, 0) is 17.5 Å². The fraction of sp³-hybridized carbons (Fsp3) is 0.150. The Morgan fingerprint density at radius 2 is 1.68 bits per heavy atom. The fourth-order valence-electron chi connectivity index (χ4n) is 2.66. The monoisotopic (exact) mass is 330 g/mol. The van der Waals surface area contributed by atoms with E-state index in [2.05, 4.69) is 58.5 Å². The maximum atomic E-state index is 5.37. The van der Waals surface area contributed by atoms with Gasteiger partial charge in [-0.25, -0.2) is 0 Å². The van der Waals surface area contributed by atoms with Gasteiger partial charge in [-0.2, -0.15) is 10.1 Å². The Balaban J connectivity index is 1.60. The smallest absolute Gasteiger partial charge is 0.276 e. The molecule has 0 amide bonds. The summed E-state index contributed by atoms with van der Waals surface area (Å²) >= 11 is 0. The maximum absolute atomic E-state index is 5.37. The third-order valence-corrected chi connectivity index (χ3v) is 4.14. The molecule has 124 valence electrons. The van der Waals surface area contributed by atoms with Crippen LogP contribution < -0.4 is 0 Å². The van der Waals surface area contributed by atoms with E-state index in [-0.39, 0.29) is 0 Å². The Morgan fingerprint density at radius 1 is 0.920 bits per heavy atom. The summed E-state index contributed by atoms with van der Waals surface area (Å²) in [5.41, 5.74) is 4.84. The first kappa shape index (κ1) is 15.3. The minimum Gasteiger partial charge on any atom is -0.332 e. The second-order valence-electron chi connectivity index (χ2n) is 6.23. The van der Waals surface area contributed by atoms with Crippen LogP contribution >= 0.6 is 0 Å². The van der Waals surface area contributed by atoms with E-state index < -0.39 is 0 Å². The van der Waals surface area contributed by atoms with Gasteiger partial charge in [0, 0.05) is 11.1 Å². The molecule has 4 aromatic rings. The van der Waals surface area contributed by atoms with Crippen LogP contribution in [0, 0.1) is 0 Å². The van der Waals surface area contributed by atoms with Gasteiger partial charge in [-0.15, -0.1) is 0 Å². The summed E-state index contributed by atoms with van der Waals surface area (Å²) in [4.78, 5) is 4.45. The molecule has 0 saturated carbocycles. The third kappa shape index (κ3) is 3.08. The minimum absolute atomic E-state index is 0.427. The molecule has 0 fully saturated rings. The van der Waals surface area contributed by atoms with Gasteiger partial charge in [-0.3, -0.25) is 5.10 Å². The van der Waals surface area contributed by atoms with Crippen LogP contribution in [0.3, 0.4) is 0 Å². The zero-order valence-electron chi connectivity index (χ0n) is 14.1. The maximum Gasteiger partial charge on any atom is 0.276 e. The highest BCUT2D eigenvalue weighted by atomic mass is 16.5. The number of hydrogen-bond acceptors (Lipinski definition) is 4. The van der Waals surface area contributed by atoms with E-state index >= 15 is 0 Å². The Labute approximate surface area is 145 Å². The number of aromatic nitrogens is 4. The number of rotatable bonds is 4. The molecular weight excluding hydrogens is 312 g/mol. The van der Waals surface area contributed by atoms with Crippen molar-refractivity contribution in [3.63, 3.8) is 0 Å². The lowest BCUT2D eigenvalue weighted by Crippen LogP contribution is -1.86. The number of nitrogens with zero attached hydrogens (tertiary/aromatic N) is 3. The lowest BCUT2D eigenvalue weighted by Gasteiger charge is -2.05. The molecule has 2 heterocycles. The number of aromatic amines is 1. The molecule has 0 aliphatic carbocycles. The van der Waals surface area contributed by atoms with Crippen LogP contribution in [-0.2, 0) is 0 Å². The second kappa shape index (κ2) is 6.36. The molecule has 5 nitrogen and oxygen atoms in total. The summed E-state index contributed by atoms with van der Waals surface area (Å²) in [6.07, 6.45) is 0. The summed E-state index contributed by atoms with van der Waals surface area (Å²) in [5.74, 6) is 1.50. The largest absolute Gasteiger partial charge is 0.332 e. The zero-order valence-corrected chi connectivity index (χ0v) is 14.1. The molecule has 0 aliphatic heterocycles. The molecule has 5 heteroatoms. The Hall–Kier alpha value is -3.21. The van der Waals surface area contributed by atoms with Crippen molar-refractivity contribution in [1.29, 1.82) is 0 Å². The van der Waals surface area contributed by atoms with Crippen molar-refractivity contribution in [1.82, 2.24) is 20.3 Å². The van der Waals surface area contributed by atoms with Crippen LogP contribution in [0.2, 0.25) is 0 Å². The highest BCUT2D eigenvalue weighted by Gasteiger charge is 2.14. The standard InChI is InChI=1S/C20H18N4O/c1-13(2)14-8-10-15(11-9-14)17-12-18(23-22-17)20-21-19(24-25-20)16-6-4-3-5-7-16/h3-13H,1-2H3,(H,22,23). The number of H-pyrrole nitrogens is 1. The molecule has 0 radical (unpaired) electrons. The molecule has 0 unspecified atom stereocenters. The molecule has 0 aliphatic rings. The average Bonchev–Trinajstić information content (AvgIpc) is 3.32. The van der Waals surface area contributed by atoms with Crippen LogP contribution in [0.5, 0.6) is 0 Å². The zero-order chi connectivity index (χ0) is 17.2. The van der Waals surface area contributed by atoms with E-state index in [9.17, 15) is 0 Å².